The highest BCUT2D eigenvalue weighted by Crippen LogP contribution is 2.26. The summed E-state index contributed by atoms with van der Waals surface area (Å²) in [4.78, 5) is 26.1. The highest BCUT2D eigenvalue weighted by Gasteiger charge is 2.16. The third kappa shape index (κ3) is 3.91. The lowest BCUT2D eigenvalue weighted by Gasteiger charge is -2.14. The van der Waals surface area contributed by atoms with E-state index in [1.54, 1.807) is 50.5 Å². The first-order valence-corrected chi connectivity index (χ1v) is 8.55. The molecule has 28 heavy (non-hydrogen) atoms. The van der Waals surface area contributed by atoms with Gasteiger partial charge in [-0.3, -0.25) is 9.59 Å². The molecule has 0 saturated carbocycles. The second-order valence-corrected chi connectivity index (χ2v) is 6.38. The van der Waals surface area contributed by atoms with Gasteiger partial charge in [-0.05, 0) is 41.5 Å². The fraction of sp³-hybridized carbons (Fsp3) is 0.0909. The van der Waals surface area contributed by atoms with E-state index in [1.165, 1.54) is 17.0 Å². The molecule has 0 aliphatic carbocycles. The summed E-state index contributed by atoms with van der Waals surface area (Å²) in [5, 5.41) is 2.54. The molecule has 0 radical (unpaired) electrons. The van der Waals surface area contributed by atoms with Gasteiger partial charge in [0.05, 0.1) is 5.56 Å². The van der Waals surface area contributed by atoms with Crippen molar-refractivity contribution in [2.24, 2.45) is 0 Å². The lowest BCUT2D eigenvalue weighted by Crippen LogP contribution is -2.22. The predicted octanol–water partition coefficient (Wildman–Crippen LogP) is 4.59. The zero-order valence-corrected chi connectivity index (χ0v) is 15.4. The van der Waals surface area contributed by atoms with Gasteiger partial charge in [-0.2, -0.15) is 0 Å². The van der Waals surface area contributed by atoms with Crippen LogP contribution in [-0.2, 0) is 0 Å². The molecule has 1 N–H and O–H groups in total. The number of rotatable bonds is 4. The first-order chi connectivity index (χ1) is 13.4. The number of benzene rings is 3. The van der Waals surface area contributed by atoms with Crippen LogP contribution in [0.5, 0.6) is 0 Å². The molecule has 142 valence electrons. The van der Waals surface area contributed by atoms with Gasteiger partial charge in [0, 0.05) is 25.3 Å². The highest BCUT2D eigenvalue weighted by molar-refractivity contribution is 6.05. The summed E-state index contributed by atoms with van der Waals surface area (Å²) in [7, 11) is 3.37. The zero-order valence-electron chi connectivity index (χ0n) is 15.4. The van der Waals surface area contributed by atoms with E-state index in [-0.39, 0.29) is 11.5 Å². The largest absolute Gasteiger partial charge is 0.345 e. The molecular formula is C22H18F2N2O2. The average Bonchev–Trinajstić information content (AvgIpc) is 2.70. The van der Waals surface area contributed by atoms with Crippen LogP contribution in [0.3, 0.4) is 0 Å². The van der Waals surface area contributed by atoms with Crippen LogP contribution in [0.1, 0.15) is 20.7 Å². The molecule has 0 aliphatic rings. The van der Waals surface area contributed by atoms with Gasteiger partial charge in [0.25, 0.3) is 11.8 Å². The first-order valence-electron chi connectivity index (χ1n) is 8.55. The summed E-state index contributed by atoms with van der Waals surface area (Å²) < 4.78 is 27.0. The monoisotopic (exact) mass is 380 g/mol. The molecule has 0 aliphatic heterocycles. The first kappa shape index (κ1) is 19.2. The zero-order chi connectivity index (χ0) is 20.3. The Morgan fingerprint density at radius 1 is 0.821 bits per heavy atom. The minimum atomic E-state index is -1.19. The van der Waals surface area contributed by atoms with Crippen molar-refractivity contribution in [3.63, 3.8) is 0 Å². The lowest BCUT2D eigenvalue weighted by atomic mass is 9.98. The van der Waals surface area contributed by atoms with E-state index in [9.17, 15) is 18.4 Å². The van der Waals surface area contributed by atoms with E-state index in [0.717, 1.165) is 17.2 Å². The number of carbonyl (C=O) groups is 2. The number of amides is 2. The topological polar surface area (TPSA) is 49.4 Å². The van der Waals surface area contributed by atoms with E-state index in [2.05, 4.69) is 5.32 Å². The van der Waals surface area contributed by atoms with Crippen LogP contribution in [0.4, 0.5) is 14.5 Å². The van der Waals surface area contributed by atoms with Crippen LogP contribution in [0.25, 0.3) is 11.1 Å². The SMILES string of the molecule is CN(C)C(=O)c1ccccc1-c1ccc(NC(=O)c2cccc(F)c2F)cc1. The molecule has 3 aromatic rings. The Bertz CT molecular complexity index is 1030. The van der Waals surface area contributed by atoms with Crippen molar-refractivity contribution in [1.29, 1.82) is 0 Å². The number of anilines is 1. The molecule has 3 aromatic carbocycles. The Labute approximate surface area is 161 Å². The smallest absolute Gasteiger partial charge is 0.258 e. The van der Waals surface area contributed by atoms with Crippen molar-refractivity contribution in [1.82, 2.24) is 4.90 Å². The van der Waals surface area contributed by atoms with Crippen molar-refractivity contribution in [3.8, 4) is 11.1 Å². The van der Waals surface area contributed by atoms with E-state index in [4.69, 9.17) is 0 Å². The normalized spacial score (nSPS) is 10.4. The molecule has 0 aromatic heterocycles. The summed E-state index contributed by atoms with van der Waals surface area (Å²) in [6, 6.07) is 17.4. The van der Waals surface area contributed by atoms with Gasteiger partial charge in [-0.15, -0.1) is 0 Å². The lowest BCUT2D eigenvalue weighted by molar-refractivity contribution is 0.0828. The van der Waals surface area contributed by atoms with Crippen LogP contribution in [0.15, 0.2) is 66.7 Å². The molecule has 0 spiro atoms. The molecule has 0 heterocycles. The van der Waals surface area contributed by atoms with Crippen molar-refractivity contribution < 1.29 is 18.4 Å². The Morgan fingerprint density at radius 2 is 1.46 bits per heavy atom. The van der Waals surface area contributed by atoms with E-state index >= 15 is 0 Å². The van der Waals surface area contributed by atoms with Crippen molar-refractivity contribution >= 4 is 17.5 Å². The van der Waals surface area contributed by atoms with Gasteiger partial charge < -0.3 is 10.2 Å². The summed E-state index contributed by atoms with van der Waals surface area (Å²) in [6.45, 7) is 0. The molecule has 6 heteroatoms. The Hall–Kier alpha value is -3.54. The van der Waals surface area contributed by atoms with E-state index in [0.29, 0.717) is 11.3 Å². The predicted molar refractivity (Wildman–Crippen MR) is 104 cm³/mol. The fourth-order valence-corrected chi connectivity index (χ4v) is 2.77. The van der Waals surface area contributed by atoms with Gasteiger partial charge in [-0.1, -0.05) is 36.4 Å². The number of hydrogen-bond acceptors (Lipinski definition) is 2. The molecule has 0 atom stereocenters. The Kier molecular flexibility index (Phi) is 5.49. The summed E-state index contributed by atoms with van der Waals surface area (Å²) >= 11 is 0. The summed E-state index contributed by atoms with van der Waals surface area (Å²) in [5.41, 5.74) is 2.17. The van der Waals surface area contributed by atoms with Gasteiger partial charge in [0.2, 0.25) is 0 Å². The molecule has 0 fully saturated rings. The number of halogens is 2. The number of carbonyl (C=O) groups excluding carboxylic acids is 2. The number of hydrogen-bond donors (Lipinski definition) is 1. The third-order valence-corrected chi connectivity index (χ3v) is 4.21. The van der Waals surface area contributed by atoms with Crippen LogP contribution in [-0.4, -0.2) is 30.8 Å². The molecular weight excluding hydrogens is 362 g/mol. The van der Waals surface area contributed by atoms with E-state index < -0.39 is 17.5 Å². The summed E-state index contributed by atoms with van der Waals surface area (Å²) in [6.07, 6.45) is 0. The molecule has 0 bridgehead atoms. The highest BCUT2D eigenvalue weighted by atomic mass is 19.2. The van der Waals surface area contributed by atoms with Crippen LogP contribution >= 0.6 is 0 Å². The fourth-order valence-electron chi connectivity index (χ4n) is 2.77. The maximum absolute atomic E-state index is 13.8. The van der Waals surface area contributed by atoms with Gasteiger partial charge in [0.1, 0.15) is 0 Å². The molecule has 2 amide bonds. The second kappa shape index (κ2) is 8.00. The van der Waals surface area contributed by atoms with Gasteiger partial charge in [-0.25, -0.2) is 8.78 Å². The quantitative estimate of drug-likeness (QED) is 0.720. The number of nitrogens with zero attached hydrogens (tertiary/aromatic N) is 1. The summed E-state index contributed by atoms with van der Waals surface area (Å²) in [5.74, 6) is -3.12. The molecule has 0 unspecified atom stereocenters. The van der Waals surface area contributed by atoms with E-state index in [1.807, 2.05) is 12.1 Å². The maximum atomic E-state index is 13.8. The van der Waals surface area contributed by atoms with Crippen molar-refractivity contribution in [2.45, 2.75) is 0 Å². The van der Waals surface area contributed by atoms with Crippen LogP contribution in [0, 0.1) is 11.6 Å². The van der Waals surface area contributed by atoms with Crippen molar-refractivity contribution in [2.75, 3.05) is 19.4 Å². The minimum absolute atomic E-state index is 0.116. The maximum Gasteiger partial charge on any atom is 0.258 e. The average molecular weight is 380 g/mol. The standard InChI is InChI=1S/C22H18F2N2O2/c1-26(2)22(28)17-7-4-3-6-16(17)14-10-12-15(13-11-14)25-21(27)18-8-5-9-19(23)20(18)24/h3-13H,1-2H3,(H,25,27). The van der Waals surface area contributed by atoms with Crippen LogP contribution < -0.4 is 5.32 Å². The number of nitrogens with one attached hydrogen (secondary N) is 1. The van der Waals surface area contributed by atoms with Gasteiger partial charge >= 0.3 is 0 Å². The Morgan fingerprint density at radius 3 is 2.14 bits per heavy atom. The minimum Gasteiger partial charge on any atom is -0.345 e. The Balaban J connectivity index is 1.84. The van der Waals surface area contributed by atoms with Crippen molar-refractivity contribution in [3.05, 3.63) is 89.5 Å². The molecule has 0 saturated heterocycles. The van der Waals surface area contributed by atoms with Crippen LogP contribution in [0.2, 0.25) is 0 Å². The third-order valence-electron chi connectivity index (χ3n) is 4.21. The van der Waals surface area contributed by atoms with Gasteiger partial charge in [0.15, 0.2) is 11.6 Å². The molecule has 4 nitrogen and oxygen atoms in total. The molecule has 3 rings (SSSR count). The second-order valence-electron chi connectivity index (χ2n) is 6.38.